The first-order valence-electron chi connectivity index (χ1n) is 3.88. The Kier molecular flexibility index (Phi) is 3.16. The fourth-order valence-corrected chi connectivity index (χ4v) is 1.21. The molecule has 0 aromatic rings. The Morgan fingerprint density at radius 2 is 2.64 bits per heavy atom. The Balaban J connectivity index is 2.06. The van der Waals surface area contributed by atoms with Crippen LogP contribution in [0.15, 0.2) is 0 Å². The summed E-state index contributed by atoms with van der Waals surface area (Å²) < 4.78 is 4.43. The van der Waals surface area contributed by atoms with Crippen molar-refractivity contribution in [2.45, 2.75) is 18.9 Å². The van der Waals surface area contributed by atoms with Crippen LogP contribution in [-0.2, 0) is 4.74 Å². The highest BCUT2D eigenvalue weighted by Crippen LogP contribution is 2.02. The first kappa shape index (κ1) is 8.33. The Morgan fingerprint density at radius 1 is 1.82 bits per heavy atom. The molecule has 1 amide bonds. The average Bonchev–Trinajstić information content (AvgIpc) is 2.52. The summed E-state index contributed by atoms with van der Waals surface area (Å²) in [5, 5.41) is 5.92. The monoisotopic (exact) mass is 158 g/mol. The summed E-state index contributed by atoms with van der Waals surface area (Å²) in [4.78, 5) is 10.6. The van der Waals surface area contributed by atoms with Gasteiger partial charge in [-0.05, 0) is 19.4 Å². The summed E-state index contributed by atoms with van der Waals surface area (Å²) in [6.45, 7) is 1.74. The van der Waals surface area contributed by atoms with Gasteiger partial charge in [0.25, 0.3) is 0 Å². The van der Waals surface area contributed by atoms with E-state index in [-0.39, 0.29) is 6.09 Å². The van der Waals surface area contributed by atoms with Crippen molar-refractivity contribution in [3.63, 3.8) is 0 Å². The van der Waals surface area contributed by atoms with Crippen LogP contribution in [0.4, 0.5) is 4.79 Å². The van der Waals surface area contributed by atoms with Crippen molar-refractivity contribution in [2.24, 2.45) is 0 Å². The maximum atomic E-state index is 10.6. The second-order valence-electron chi connectivity index (χ2n) is 2.67. The van der Waals surface area contributed by atoms with Crippen LogP contribution < -0.4 is 10.6 Å². The van der Waals surface area contributed by atoms with Crippen molar-refractivity contribution in [1.29, 1.82) is 0 Å². The number of hydrogen-bond donors (Lipinski definition) is 2. The lowest BCUT2D eigenvalue weighted by molar-refractivity contribution is 0.170. The zero-order chi connectivity index (χ0) is 8.10. The highest BCUT2D eigenvalue weighted by atomic mass is 16.5. The smallest absolute Gasteiger partial charge is 0.406 e. The molecule has 64 valence electrons. The molecule has 0 aromatic heterocycles. The summed E-state index contributed by atoms with van der Waals surface area (Å²) in [6, 6.07) is 0.439. The molecule has 0 aromatic carbocycles. The largest absolute Gasteiger partial charge is 0.453 e. The third kappa shape index (κ3) is 2.76. The van der Waals surface area contributed by atoms with Gasteiger partial charge in [-0.15, -0.1) is 0 Å². The molecule has 1 aliphatic rings. The van der Waals surface area contributed by atoms with Crippen molar-refractivity contribution in [1.82, 2.24) is 10.6 Å². The van der Waals surface area contributed by atoms with Crippen molar-refractivity contribution in [2.75, 3.05) is 20.2 Å². The first-order valence-corrected chi connectivity index (χ1v) is 3.88. The summed E-state index contributed by atoms with van der Waals surface area (Å²) in [5.41, 5.74) is 0. The minimum Gasteiger partial charge on any atom is -0.453 e. The predicted molar refractivity (Wildman–Crippen MR) is 41.4 cm³/mol. The van der Waals surface area contributed by atoms with Gasteiger partial charge in [-0.3, -0.25) is 0 Å². The maximum Gasteiger partial charge on any atom is 0.406 e. The molecular formula is C7H14N2O2. The standard InChI is InChI=1S/C7H14N2O2/c1-11-7(10)9-5-6-3-2-4-8-6/h6,8H,2-5H2,1H3,(H,9,10)/t6-/m1/s1. The fourth-order valence-electron chi connectivity index (χ4n) is 1.21. The molecule has 1 atom stereocenters. The van der Waals surface area contributed by atoms with Crippen LogP contribution in [0.3, 0.4) is 0 Å². The number of methoxy groups -OCH3 is 1. The Hall–Kier alpha value is -0.770. The van der Waals surface area contributed by atoms with Crippen molar-refractivity contribution in [3.8, 4) is 0 Å². The number of amides is 1. The van der Waals surface area contributed by atoms with E-state index in [1.165, 1.54) is 13.5 Å². The highest BCUT2D eigenvalue weighted by molar-refractivity contribution is 5.66. The van der Waals surface area contributed by atoms with E-state index in [0.29, 0.717) is 12.6 Å². The molecule has 4 heteroatoms. The Bertz CT molecular complexity index is 132. The SMILES string of the molecule is COC(=O)NC[C@H]1CCCN1. The minimum absolute atomic E-state index is 0.348. The third-order valence-electron chi connectivity index (χ3n) is 1.84. The van der Waals surface area contributed by atoms with Gasteiger partial charge >= 0.3 is 6.09 Å². The average molecular weight is 158 g/mol. The van der Waals surface area contributed by atoms with Crippen molar-refractivity contribution in [3.05, 3.63) is 0 Å². The number of nitrogens with one attached hydrogen (secondary N) is 2. The molecule has 0 spiro atoms. The molecule has 0 unspecified atom stereocenters. The zero-order valence-electron chi connectivity index (χ0n) is 6.72. The molecular weight excluding hydrogens is 144 g/mol. The molecule has 0 aliphatic carbocycles. The molecule has 0 bridgehead atoms. The molecule has 1 heterocycles. The van der Waals surface area contributed by atoms with E-state index in [1.807, 2.05) is 0 Å². The quantitative estimate of drug-likeness (QED) is 0.599. The lowest BCUT2D eigenvalue weighted by Gasteiger charge is -2.09. The van der Waals surface area contributed by atoms with Gasteiger partial charge < -0.3 is 15.4 Å². The van der Waals surface area contributed by atoms with Crippen LogP contribution in [0.5, 0.6) is 0 Å². The molecule has 2 N–H and O–H groups in total. The first-order chi connectivity index (χ1) is 5.33. The van der Waals surface area contributed by atoms with Gasteiger partial charge in [0.05, 0.1) is 7.11 Å². The fraction of sp³-hybridized carbons (Fsp3) is 0.857. The second-order valence-corrected chi connectivity index (χ2v) is 2.67. The van der Waals surface area contributed by atoms with Crippen LogP contribution in [0.25, 0.3) is 0 Å². The summed E-state index contributed by atoms with van der Waals surface area (Å²) >= 11 is 0. The van der Waals surface area contributed by atoms with Crippen LogP contribution in [0.2, 0.25) is 0 Å². The van der Waals surface area contributed by atoms with Gasteiger partial charge in [0.2, 0.25) is 0 Å². The van der Waals surface area contributed by atoms with Crippen molar-refractivity contribution >= 4 is 6.09 Å². The number of rotatable bonds is 2. The van der Waals surface area contributed by atoms with E-state index in [1.54, 1.807) is 0 Å². The summed E-state index contributed by atoms with van der Waals surface area (Å²) in [6.07, 6.45) is 2.00. The molecule has 1 rings (SSSR count). The van der Waals surface area contributed by atoms with Crippen LogP contribution in [0.1, 0.15) is 12.8 Å². The summed E-state index contributed by atoms with van der Waals surface area (Å²) in [5.74, 6) is 0. The minimum atomic E-state index is -0.348. The maximum absolute atomic E-state index is 10.6. The van der Waals surface area contributed by atoms with Crippen molar-refractivity contribution < 1.29 is 9.53 Å². The zero-order valence-corrected chi connectivity index (χ0v) is 6.72. The number of alkyl carbamates (subject to hydrolysis) is 1. The number of ether oxygens (including phenoxy) is 1. The topological polar surface area (TPSA) is 50.4 Å². The van der Waals surface area contributed by atoms with Gasteiger partial charge in [-0.1, -0.05) is 0 Å². The van der Waals surface area contributed by atoms with Gasteiger partial charge in [-0.2, -0.15) is 0 Å². The molecule has 0 saturated carbocycles. The molecule has 1 aliphatic heterocycles. The van der Waals surface area contributed by atoms with E-state index in [0.717, 1.165) is 13.0 Å². The van der Waals surface area contributed by atoms with Crippen LogP contribution in [-0.4, -0.2) is 32.3 Å². The molecule has 1 fully saturated rings. The molecule has 0 radical (unpaired) electrons. The molecule has 11 heavy (non-hydrogen) atoms. The highest BCUT2D eigenvalue weighted by Gasteiger charge is 2.14. The predicted octanol–water partition coefficient (Wildman–Crippen LogP) is 0.0944. The third-order valence-corrected chi connectivity index (χ3v) is 1.84. The van der Waals surface area contributed by atoms with Gasteiger partial charge in [0.15, 0.2) is 0 Å². The second kappa shape index (κ2) is 4.18. The number of carbonyl (C=O) groups excluding carboxylic acids is 1. The summed E-state index contributed by atoms with van der Waals surface area (Å²) in [7, 11) is 1.37. The molecule has 4 nitrogen and oxygen atoms in total. The Morgan fingerprint density at radius 3 is 3.18 bits per heavy atom. The van der Waals surface area contributed by atoms with E-state index in [4.69, 9.17) is 0 Å². The van der Waals surface area contributed by atoms with Gasteiger partial charge in [0.1, 0.15) is 0 Å². The van der Waals surface area contributed by atoms with Gasteiger partial charge in [-0.25, -0.2) is 4.79 Å². The lowest BCUT2D eigenvalue weighted by atomic mass is 10.2. The molecule has 1 saturated heterocycles. The number of carbonyl (C=O) groups is 1. The van der Waals surface area contributed by atoms with E-state index < -0.39 is 0 Å². The van der Waals surface area contributed by atoms with Gasteiger partial charge in [0, 0.05) is 12.6 Å². The van der Waals surface area contributed by atoms with Crippen LogP contribution in [0, 0.1) is 0 Å². The van der Waals surface area contributed by atoms with E-state index in [9.17, 15) is 4.79 Å². The number of hydrogen-bond acceptors (Lipinski definition) is 3. The Labute approximate surface area is 66.3 Å². The lowest BCUT2D eigenvalue weighted by Crippen LogP contribution is -2.36. The van der Waals surface area contributed by atoms with E-state index in [2.05, 4.69) is 15.4 Å². The normalized spacial score (nSPS) is 23.2. The van der Waals surface area contributed by atoms with E-state index >= 15 is 0 Å². The van der Waals surface area contributed by atoms with Crippen LogP contribution >= 0.6 is 0 Å².